The van der Waals surface area contributed by atoms with Crippen molar-refractivity contribution in [1.82, 2.24) is 9.88 Å². The van der Waals surface area contributed by atoms with Gasteiger partial charge in [0, 0.05) is 26.3 Å². The molecule has 27 heavy (non-hydrogen) atoms. The Labute approximate surface area is 161 Å². The molecule has 0 saturated carbocycles. The summed E-state index contributed by atoms with van der Waals surface area (Å²) in [4.78, 5) is 25.4. The van der Waals surface area contributed by atoms with E-state index in [0.717, 1.165) is 15.8 Å². The van der Waals surface area contributed by atoms with E-state index in [1.54, 1.807) is 41.2 Å². The van der Waals surface area contributed by atoms with Crippen molar-refractivity contribution in [1.29, 1.82) is 0 Å². The third-order valence-electron chi connectivity index (χ3n) is 4.32. The van der Waals surface area contributed by atoms with Crippen LogP contribution in [-0.2, 0) is 21.3 Å². The van der Waals surface area contributed by atoms with Crippen molar-refractivity contribution in [3.63, 3.8) is 0 Å². The first kappa shape index (κ1) is 19.1. The predicted octanol–water partition coefficient (Wildman–Crippen LogP) is 3.21. The molecule has 0 spiro atoms. The van der Waals surface area contributed by atoms with Crippen LogP contribution >= 0.6 is 11.3 Å². The van der Waals surface area contributed by atoms with Crippen LogP contribution in [0.4, 0.5) is 0 Å². The molecular formula is C20H22N2O4S. The van der Waals surface area contributed by atoms with Gasteiger partial charge in [0.15, 0.2) is 0 Å². The number of nitrogens with zero attached hydrogens (tertiary/aromatic N) is 1. The molecule has 2 heterocycles. The number of aromatic nitrogens is 1. The maximum atomic E-state index is 12.8. The smallest absolute Gasteiger partial charge is 0.356 e. The molecule has 0 unspecified atom stereocenters. The van der Waals surface area contributed by atoms with E-state index in [1.807, 2.05) is 37.6 Å². The van der Waals surface area contributed by atoms with Gasteiger partial charge >= 0.3 is 5.97 Å². The van der Waals surface area contributed by atoms with Gasteiger partial charge in [0.25, 0.3) is 5.91 Å². The normalized spacial score (nSPS) is 12.1. The Morgan fingerprint density at radius 2 is 1.96 bits per heavy atom. The lowest BCUT2D eigenvalue weighted by atomic mass is 10.1. The molecule has 0 bridgehead atoms. The lowest BCUT2D eigenvalue weighted by Gasteiger charge is -2.18. The van der Waals surface area contributed by atoms with Crippen molar-refractivity contribution in [3.05, 3.63) is 58.6 Å². The Balaban J connectivity index is 1.84. The zero-order chi connectivity index (χ0) is 19.4. The van der Waals surface area contributed by atoms with Crippen LogP contribution in [0.25, 0.3) is 10.2 Å². The standard InChI is InChI=1S/C20H22N2O4S/c1-13-4-6-14(7-5-13)18(19(23)21-9-10-25-3)26-20(24)16-12-17-15(22(16)2)8-11-27-17/h4-8,11-12,18H,9-10H2,1-3H3,(H,21,23)/t18-/m1/s1. The largest absolute Gasteiger partial charge is 0.443 e. The minimum absolute atomic E-state index is 0.342. The Hall–Kier alpha value is -2.64. The fourth-order valence-corrected chi connectivity index (χ4v) is 3.65. The number of nitrogens with one attached hydrogen (secondary N) is 1. The fraction of sp³-hybridized carbons (Fsp3) is 0.300. The lowest BCUT2D eigenvalue weighted by Crippen LogP contribution is -2.34. The molecule has 1 aromatic carbocycles. The molecule has 3 aromatic rings. The Morgan fingerprint density at radius 1 is 1.22 bits per heavy atom. The minimum atomic E-state index is -1.03. The number of esters is 1. The summed E-state index contributed by atoms with van der Waals surface area (Å²) >= 11 is 1.55. The van der Waals surface area contributed by atoms with Gasteiger partial charge in [0.05, 0.1) is 16.8 Å². The van der Waals surface area contributed by atoms with Crippen LogP contribution in [0, 0.1) is 6.92 Å². The second kappa shape index (κ2) is 8.37. The van der Waals surface area contributed by atoms with Gasteiger partial charge in [-0.2, -0.15) is 0 Å². The summed E-state index contributed by atoms with van der Waals surface area (Å²) < 4.78 is 13.4. The van der Waals surface area contributed by atoms with Crippen LogP contribution < -0.4 is 5.32 Å². The minimum Gasteiger partial charge on any atom is -0.443 e. The van der Waals surface area contributed by atoms with Crippen LogP contribution in [0.1, 0.15) is 27.7 Å². The molecule has 1 amide bonds. The monoisotopic (exact) mass is 386 g/mol. The van der Waals surface area contributed by atoms with Crippen molar-refractivity contribution in [2.75, 3.05) is 20.3 Å². The number of fused-ring (bicyclic) bond motifs is 1. The highest BCUT2D eigenvalue weighted by Crippen LogP contribution is 2.26. The topological polar surface area (TPSA) is 69.6 Å². The summed E-state index contributed by atoms with van der Waals surface area (Å²) in [5, 5.41) is 4.71. The van der Waals surface area contributed by atoms with Gasteiger partial charge in [-0.05, 0) is 24.4 Å². The number of thiophene rings is 1. The molecule has 2 aromatic heterocycles. The number of carbonyl (C=O) groups excluding carboxylic acids is 2. The summed E-state index contributed by atoms with van der Waals surface area (Å²) in [6.07, 6.45) is -1.03. The molecule has 142 valence electrons. The van der Waals surface area contributed by atoms with Crippen LogP contribution in [0.3, 0.4) is 0 Å². The maximum absolute atomic E-state index is 12.8. The van der Waals surface area contributed by atoms with Crippen LogP contribution in [0.15, 0.2) is 41.8 Å². The van der Waals surface area contributed by atoms with Gasteiger partial charge in [0.2, 0.25) is 6.10 Å². The first-order valence-electron chi connectivity index (χ1n) is 8.58. The summed E-state index contributed by atoms with van der Waals surface area (Å²) in [6, 6.07) is 11.1. The quantitative estimate of drug-likeness (QED) is 0.500. The maximum Gasteiger partial charge on any atom is 0.356 e. The second-order valence-corrected chi connectivity index (χ2v) is 7.19. The molecular weight excluding hydrogens is 364 g/mol. The molecule has 7 heteroatoms. The van der Waals surface area contributed by atoms with E-state index in [1.165, 1.54) is 0 Å². The van der Waals surface area contributed by atoms with E-state index in [-0.39, 0.29) is 5.91 Å². The first-order valence-corrected chi connectivity index (χ1v) is 9.46. The van der Waals surface area contributed by atoms with Gasteiger partial charge in [-0.1, -0.05) is 29.8 Å². The Morgan fingerprint density at radius 3 is 2.63 bits per heavy atom. The van der Waals surface area contributed by atoms with Gasteiger partial charge in [-0.25, -0.2) is 4.79 Å². The molecule has 0 aliphatic rings. The molecule has 0 saturated heterocycles. The number of methoxy groups -OCH3 is 1. The molecule has 0 fully saturated rings. The average molecular weight is 386 g/mol. The Bertz CT molecular complexity index is 943. The van der Waals surface area contributed by atoms with E-state index in [9.17, 15) is 9.59 Å². The van der Waals surface area contributed by atoms with E-state index < -0.39 is 12.1 Å². The highest BCUT2D eigenvalue weighted by Gasteiger charge is 2.27. The SMILES string of the molecule is COCCNC(=O)[C@H](OC(=O)c1cc2sccc2n1C)c1ccc(C)cc1. The number of rotatable bonds is 7. The van der Waals surface area contributed by atoms with Gasteiger partial charge < -0.3 is 19.4 Å². The zero-order valence-electron chi connectivity index (χ0n) is 15.5. The van der Waals surface area contributed by atoms with Crippen molar-refractivity contribution >= 4 is 33.4 Å². The van der Waals surface area contributed by atoms with Gasteiger partial charge in [-0.15, -0.1) is 11.3 Å². The second-order valence-electron chi connectivity index (χ2n) is 6.24. The van der Waals surface area contributed by atoms with Gasteiger partial charge in [-0.3, -0.25) is 4.79 Å². The third kappa shape index (κ3) is 4.20. The summed E-state index contributed by atoms with van der Waals surface area (Å²) in [7, 11) is 3.37. The summed E-state index contributed by atoms with van der Waals surface area (Å²) in [5.74, 6) is -0.909. The number of amides is 1. The summed E-state index contributed by atoms with van der Waals surface area (Å²) in [5.41, 5.74) is 3.06. The molecule has 3 rings (SSSR count). The molecule has 1 atom stereocenters. The number of aryl methyl sites for hydroxylation is 2. The van der Waals surface area contributed by atoms with Crippen LogP contribution in [-0.4, -0.2) is 36.7 Å². The number of benzene rings is 1. The number of hydrogen-bond acceptors (Lipinski definition) is 5. The van der Waals surface area contributed by atoms with Crippen molar-refractivity contribution in [2.45, 2.75) is 13.0 Å². The third-order valence-corrected chi connectivity index (χ3v) is 5.17. The van der Waals surface area contributed by atoms with Gasteiger partial charge in [0.1, 0.15) is 5.69 Å². The molecule has 0 radical (unpaired) electrons. The number of hydrogen-bond donors (Lipinski definition) is 1. The van der Waals surface area contributed by atoms with Crippen LogP contribution in [0.5, 0.6) is 0 Å². The Kier molecular flexibility index (Phi) is 5.93. The molecule has 1 N–H and O–H groups in total. The first-order chi connectivity index (χ1) is 13.0. The fourth-order valence-electron chi connectivity index (χ4n) is 2.80. The highest BCUT2D eigenvalue weighted by atomic mass is 32.1. The molecule has 0 aliphatic carbocycles. The van der Waals surface area contributed by atoms with Crippen molar-refractivity contribution in [2.24, 2.45) is 7.05 Å². The van der Waals surface area contributed by atoms with Crippen molar-refractivity contribution in [3.8, 4) is 0 Å². The van der Waals surface area contributed by atoms with E-state index in [0.29, 0.717) is 24.4 Å². The average Bonchev–Trinajstić information content (AvgIpc) is 3.24. The highest BCUT2D eigenvalue weighted by molar-refractivity contribution is 7.17. The predicted molar refractivity (Wildman–Crippen MR) is 105 cm³/mol. The molecule has 0 aliphatic heterocycles. The number of ether oxygens (including phenoxy) is 2. The lowest BCUT2D eigenvalue weighted by molar-refractivity contribution is -0.130. The van der Waals surface area contributed by atoms with E-state index >= 15 is 0 Å². The summed E-state index contributed by atoms with van der Waals surface area (Å²) in [6.45, 7) is 2.68. The van der Waals surface area contributed by atoms with Crippen molar-refractivity contribution < 1.29 is 19.1 Å². The van der Waals surface area contributed by atoms with Crippen LogP contribution in [0.2, 0.25) is 0 Å². The van der Waals surface area contributed by atoms with E-state index in [4.69, 9.17) is 9.47 Å². The van der Waals surface area contributed by atoms with E-state index in [2.05, 4.69) is 5.32 Å². The number of carbonyl (C=O) groups is 2. The zero-order valence-corrected chi connectivity index (χ0v) is 16.3. The molecule has 6 nitrogen and oxygen atoms in total.